The molecule has 2 rings (SSSR count). The maximum atomic E-state index is 12.3. The first-order valence-corrected chi connectivity index (χ1v) is 7.74. The number of nitrogens with one attached hydrogen (secondary N) is 1. The van der Waals surface area contributed by atoms with Crippen molar-refractivity contribution in [3.8, 4) is 11.4 Å². The lowest BCUT2D eigenvalue weighted by Gasteiger charge is -2.18. The van der Waals surface area contributed by atoms with Gasteiger partial charge in [0.2, 0.25) is 0 Å². The highest BCUT2D eigenvalue weighted by Crippen LogP contribution is 2.14. The lowest BCUT2D eigenvalue weighted by atomic mass is 10.0. The summed E-state index contributed by atoms with van der Waals surface area (Å²) in [7, 11) is 1.62. The highest BCUT2D eigenvalue weighted by molar-refractivity contribution is 5.92. The third-order valence-corrected chi connectivity index (χ3v) is 3.53. The number of amides is 1. The van der Waals surface area contributed by atoms with E-state index < -0.39 is 0 Å². The van der Waals surface area contributed by atoms with Gasteiger partial charge >= 0.3 is 0 Å². The van der Waals surface area contributed by atoms with Crippen molar-refractivity contribution < 1.29 is 9.53 Å². The summed E-state index contributed by atoms with van der Waals surface area (Å²) in [6.07, 6.45) is 2.61. The number of rotatable bonds is 7. The number of nitrogens with two attached hydrogens (primary N) is 1. The first-order valence-electron chi connectivity index (χ1n) is 7.74. The number of carbonyl (C=O) groups is 1. The predicted molar refractivity (Wildman–Crippen MR) is 89.9 cm³/mol. The molecular formula is C17H24N4O2. The van der Waals surface area contributed by atoms with Crippen molar-refractivity contribution in [2.75, 3.05) is 13.7 Å². The second kappa shape index (κ2) is 7.78. The fraction of sp³-hybridized carbons (Fsp3) is 0.412. The minimum absolute atomic E-state index is 0.0337. The van der Waals surface area contributed by atoms with Gasteiger partial charge in [0.1, 0.15) is 5.75 Å². The SMILES string of the molecule is COc1ccc(-n2ccc(C(=O)NC(CN)CC(C)C)n2)cc1. The summed E-state index contributed by atoms with van der Waals surface area (Å²) in [5.74, 6) is 1.05. The van der Waals surface area contributed by atoms with E-state index in [4.69, 9.17) is 10.5 Å². The molecule has 1 aromatic carbocycles. The Labute approximate surface area is 136 Å². The van der Waals surface area contributed by atoms with Gasteiger partial charge in [-0.1, -0.05) is 13.8 Å². The van der Waals surface area contributed by atoms with Crippen LogP contribution in [0.3, 0.4) is 0 Å². The average molecular weight is 316 g/mol. The van der Waals surface area contributed by atoms with Crippen LogP contribution in [0.2, 0.25) is 0 Å². The van der Waals surface area contributed by atoms with Crippen molar-refractivity contribution in [2.45, 2.75) is 26.3 Å². The highest BCUT2D eigenvalue weighted by Gasteiger charge is 2.16. The summed E-state index contributed by atoms with van der Waals surface area (Å²) in [4.78, 5) is 12.3. The van der Waals surface area contributed by atoms with Crippen LogP contribution in [0.5, 0.6) is 5.75 Å². The zero-order valence-corrected chi connectivity index (χ0v) is 13.8. The molecule has 23 heavy (non-hydrogen) atoms. The first-order chi connectivity index (χ1) is 11.0. The fourth-order valence-electron chi connectivity index (χ4n) is 2.37. The van der Waals surface area contributed by atoms with Crippen LogP contribution in [-0.2, 0) is 0 Å². The normalized spacial score (nSPS) is 12.2. The molecular weight excluding hydrogens is 292 g/mol. The number of aromatic nitrogens is 2. The minimum Gasteiger partial charge on any atom is -0.497 e. The quantitative estimate of drug-likeness (QED) is 0.818. The highest BCUT2D eigenvalue weighted by atomic mass is 16.5. The average Bonchev–Trinajstić information content (AvgIpc) is 3.04. The molecule has 1 heterocycles. The Kier molecular flexibility index (Phi) is 5.76. The molecule has 0 aliphatic carbocycles. The van der Waals surface area contributed by atoms with Crippen LogP contribution in [0.25, 0.3) is 5.69 Å². The molecule has 6 nitrogen and oxygen atoms in total. The molecule has 1 amide bonds. The van der Waals surface area contributed by atoms with E-state index in [-0.39, 0.29) is 11.9 Å². The van der Waals surface area contributed by atoms with Gasteiger partial charge in [-0.15, -0.1) is 0 Å². The third-order valence-electron chi connectivity index (χ3n) is 3.53. The predicted octanol–water partition coefficient (Wildman–Crippen LogP) is 1.98. The molecule has 0 aliphatic rings. The molecule has 0 spiro atoms. The Hall–Kier alpha value is -2.34. The first kappa shape index (κ1) is 17.0. The van der Waals surface area contributed by atoms with Crippen LogP contribution < -0.4 is 15.8 Å². The second-order valence-corrected chi connectivity index (χ2v) is 5.88. The smallest absolute Gasteiger partial charge is 0.272 e. The van der Waals surface area contributed by atoms with Gasteiger partial charge in [0, 0.05) is 18.8 Å². The number of ether oxygens (including phenoxy) is 1. The fourth-order valence-corrected chi connectivity index (χ4v) is 2.37. The summed E-state index contributed by atoms with van der Waals surface area (Å²) >= 11 is 0. The Bertz CT molecular complexity index is 634. The standard InChI is InChI=1S/C17H24N4O2/c1-12(2)10-13(11-18)19-17(22)16-8-9-21(20-16)14-4-6-15(23-3)7-5-14/h4-9,12-13H,10-11,18H2,1-3H3,(H,19,22). The molecule has 2 aromatic rings. The molecule has 0 saturated carbocycles. The molecule has 0 saturated heterocycles. The van der Waals surface area contributed by atoms with Gasteiger partial charge < -0.3 is 15.8 Å². The number of benzene rings is 1. The van der Waals surface area contributed by atoms with Crippen molar-refractivity contribution in [2.24, 2.45) is 11.7 Å². The van der Waals surface area contributed by atoms with Crippen LogP contribution >= 0.6 is 0 Å². The zero-order valence-electron chi connectivity index (χ0n) is 13.8. The van der Waals surface area contributed by atoms with Crippen molar-refractivity contribution in [3.63, 3.8) is 0 Å². The summed E-state index contributed by atoms with van der Waals surface area (Å²) < 4.78 is 6.79. The van der Waals surface area contributed by atoms with E-state index in [1.807, 2.05) is 24.3 Å². The molecule has 6 heteroatoms. The lowest BCUT2D eigenvalue weighted by Crippen LogP contribution is -2.41. The molecule has 124 valence electrons. The van der Waals surface area contributed by atoms with Crippen LogP contribution in [0.15, 0.2) is 36.5 Å². The van der Waals surface area contributed by atoms with Gasteiger partial charge in [0.05, 0.1) is 12.8 Å². The molecule has 0 fully saturated rings. The van der Waals surface area contributed by atoms with E-state index in [0.717, 1.165) is 17.9 Å². The lowest BCUT2D eigenvalue weighted by molar-refractivity contribution is 0.0928. The molecule has 0 aliphatic heterocycles. The Morgan fingerprint density at radius 2 is 2.00 bits per heavy atom. The van der Waals surface area contributed by atoms with Crippen molar-refractivity contribution >= 4 is 5.91 Å². The number of hydrogen-bond donors (Lipinski definition) is 2. The molecule has 1 unspecified atom stereocenters. The van der Waals surface area contributed by atoms with Crippen LogP contribution in [0.1, 0.15) is 30.8 Å². The van der Waals surface area contributed by atoms with E-state index in [2.05, 4.69) is 24.3 Å². The van der Waals surface area contributed by atoms with Gasteiger partial charge in [-0.05, 0) is 42.7 Å². The summed E-state index contributed by atoms with van der Waals surface area (Å²) in [6, 6.07) is 9.13. The van der Waals surface area contributed by atoms with E-state index in [9.17, 15) is 4.79 Å². The Balaban J connectivity index is 2.06. The van der Waals surface area contributed by atoms with Crippen LogP contribution in [0.4, 0.5) is 0 Å². The van der Waals surface area contributed by atoms with Gasteiger partial charge in [0.15, 0.2) is 5.69 Å². The summed E-state index contributed by atoms with van der Waals surface area (Å²) in [5, 5.41) is 7.26. The number of nitrogens with zero attached hydrogens (tertiary/aromatic N) is 2. The van der Waals surface area contributed by atoms with Gasteiger partial charge in [-0.2, -0.15) is 5.10 Å². The minimum atomic E-state index is -0.201. The van der Waals surface area contributed by atoms with Crippen LogP contribution in [0, 0.1) is 5.92 Å². The molecule has 3 N–H and O–H groups in total. The van der Waals surface area contributed by atoms with E-state index in [1.54, 1.807) is 24.1 Å². The maximum absolute atomic E-state index is 12.3. The van der Waals surface area contributed by atoms with Crippen molar-refractivity contribution in [1.29, 1.82) is 0 Å². The topological polar surface area (TPSA) is 82.2 Å². The Morgan fingerprint density at radius 3 is 2.57 bits per heavy atom. The van der Waals surface area contributed by atoms with E-state index in [0.29, 0.717) is 18.2 Å². The van der Waals surface area contributed by atoms with Gasteiger partial charge in [-0.3, -0.25) is 4.79 Å². The van der Waals surface area contributed by atoms with Gasteiger partial charge in [0.25, 0.3) is 5.91 Å². The van der Waals surface area contributed by atoms with E-state index in [1.165, 1.54) is 0 Å². The largest absolute Gasteiger partial charge is 0.497 e. The number of methoxy groups -OCH3 is 1. The van der Waals surface area contributed by atoms with Crippen LogP contribution in [-0.4, -0.2) is 35.4 Å². The maximum Gasteiger partial charge on any atom is 0.272 e. The van der Waals surface area contributed by atoms with E-state index >= 15 is 0 Å². The third kappa shape index (κ3) is 4.56. The molecule has 1 aromatic heterocycles. The molecule has 0 radical (unpaired) electrons. The number of carbonyl (C=O) groups excluding carboxylic acids is 1. The zero-order chi connectivity index (χ0) is 16.8. The Morgan fingerprint density at radius 1 is 1.30 bits per heavy atom. The van der Waals surface area contributed by atoms with Crippen molar-refractivity contribution in [1.82, 2.24) is 15.1 Å². The van der Waals surface area contributed by atoms with Gasteiger partial charge in [-0.25, -0.2) is 4.68 Å². The number of hydrogen-bond acceptors (Lipinski definition) is 4. The monoisotopic (exact) mass is 316 g/mol. The molecule has 1 atom stereocenters. The summed E-state index contributed by atoms with van der Waals surface area (Å²) in [6.45, 7) is 4.63. The van der Waals surface area contributed by atoms with Crippen molar-refractivity contribution in [3.05, 3.63) is 42.2 Å². The summed E-state index contributed by atoms with van der Waals surface area (Å²) in [5.41, 5.74) is 6.96. The second-order valence-electron chi connectivity index (χ2n) is 5.88. The molecule has 0 bridgehead atoms.